The molecule has 0 aliphatic rings. The van der Waals surface area contributed by atoms with Crippen molar-refractivity contribution in [3.8, 4) is 11.3 Å². The maximum atomic E-state index is 6.11. The molecule has 0 N–H and O–H groups in total. The van der Waals surface area contributed by atoms with Gasteiger partial charge in [-0.2, -0.15) is 5.10 Å². The Bertz CT molecular complexity index is 714. The summed E-state index contributed by atoms with van der Waals surface area (Å²) in [6.45, 7) is 2.87. The summed E-state index contributed by atoms with van der Waals surface area (Å²) in [6, 6.07) is 1.69. The summed E-state index contributed by atoms with van der Waals surface area (Å²) in [7, 11) is 0. The van der Waals surface area contributed by atoms with E-state index in [1.807, 2.05) is 28.4 Å². The fourth-order valence-corrected chi connectivity index (χ4v) is 2.36. The Morgan fingerprint density at radius 2 is 2.06 bits per heavy atom. The molecule has 3 rings (SSSR count). The molecule has 0 amide bonds. The Morgan fingerprint density at radius 3 is 2.78 bits per heavy atom. The lowest BCUT2D eigenvalue weighted by molar-refractivity contribution is 0.660. The molecule has 0 aromatic carbocycles. The van der Waals surface area contributed by atoms with Gasteiger partial charge >= 0.3 is 0 Å². The van der Waals surface area contributed by atoms with E-state index in [9.17, 15) is 0 Å². The van der Waals surface area contributed by atoms with Crippen LogP contribution in [-0.4, -0.2) is 19.2 Å². The molecule has 4 nitrogen and oxygen atoms in total. The number of imidazole rings is 1. The molecular weight excluding hydrogens is 271 g/mol. The summed E-state index contributed by atoms with van der Waals surface area (Å²) in [6.07, 6.45) is 7.42. The average Bonchev–Trinajstić information content (AvgIpc) is 2.93. The molecule has 18 heavy (non-hydrogen) atoms. The number of aromatic nitrogens is 4. The second-order valence-corrected chi connectivity index (χ2v) is 4.79. The molecule has 0 saturated carbocycles. The Morgan fingerprint density at radius 1 is 1.22 bits per heavy atom. The van der Waals surface area contributed by atoms with E-state index in [2.05, 4.69) is 10.1 Å². The zero-order valence-corrected chi connectivity index (χ0v) is 11.2. The molecule has 0 bridgehead atoms. The molecule has 0 unspecified atom stereocenters. The number of pyridine rings is 1. The lowest BCUT2D eigenvalue weighted by Crippen LogP contribution is -1.91. The quantitative estimate of drug-likeness (QED) is 0.720. The molecule has 0 radical (unpaired) electrons. The van der Waals surface area contributed by atoms with E-state index in [0.29, 0.717) is 15.7 Å². The van der Waals surface area contributed by atoms with Crippen LogP contribution in [0.4, 0.5) is 0 Å². The zero-order valence-electron chi connectivity index (χ0n) is 9.64. The lowest BCUT2D eigenvalue weighted by Gasteiger charge is -1.95. The van der Waals surface area contributed by atoms with Crippen molar-refractivity contribution < 1.29 is 0 Å². The molecule has 0 aliphatic carbocycles. The summed E-state index contributed by atoms with van der Waals surface area (Å²) >= 11 is 12.1. The largest absolute Gasteiger partial charge is 0.304 e. The third-order valence-electron chi connectivity index (χ3n) is 2.73. The van der Waals surface area contributed by atoms with Gasteiger partial charge in [0.25, 0.3) is 0 Å². The first-order chi connectivity index (χ1) is 8.67. The van der Waals surface area contributed by atoms with Gasteiger partial charge in [0.05, 0.1) is 21.9 Å². The standard InChI is InChI=1S/C12H10Cl2N4/c1-2-18-5-8(4-15-18)11-7-17-6-9(13)3-10(14)12(17)16-11/h3-7H,2H2,1H3. The molecule has 3 aromatic heterocycles. The normalized spacial score (nSPS) is 11.3. The number of nitrogens with zero attached hydrogens (tertiary/aromatic N) is 4. The minimum atomic E-state index is 0.539. The number of hydrogen-bond donors (Lipinski definition) is 0. The number of fused-ring (bicyclic) bond motifs is 1. The van der Waals surface area contributed by atoms with Gasteiger partial charge in [-0.15, -0.1) is 0 Å². The van der Waals surface area contributed by atoms with E-state index in [1.54, 1.807) is 18.5 Å². The number of aryl methyl sites for hydroxylation is 1. The van der Waals surface area contributed by atoms with Gasteiger partial charge in [-0.3, -0.25) is 4.68 Å². The predicted molar refractivity (Wildman–Crippen MR) is 72.1 cm³/mol. The second kappa shape index (κ2) is 4.30. The predicted octanol–water partition coefficient (Wildman–Crippen LogP) is 3.52. The number of halogens is 2. The highest BCUT2D eigenvalue weighted by Gasteiger charge is 2.09. The SMILES string of the molecule is CCn1cc(-c2cn3cc(Cl)cc(Cl)c3n2)cn1. The number of hydrogen-bond acceptors (Lipinski definition) is 2. The molecule has 0 atom stereocenters. The van der Waals surface area contributed by atoms with Crippen LogP contribution in [0.5, 0.6) is 0 Å². The van der Waals surface area contributed by atoms with E-state index < -0.39 is 0 Å². The minimum absolute atomic E-state index is 0.539. The fourth-order valence-electron chi connectivity index (χ4n) is 1.83. The topological polar surface area (TPSA) is 35.1 Å². The van der Waals surface area contributed by atoms with E-state index in [-0.39, 0.29) is 0 Å². The zero-order chi connectivity index (χ0) is 12.7. The summed E-state index contributed by atoms with van der Waals surface area (Å²) in [5.74, 6) is 0. The molecule has 3 aromatic rings. The lowest BCUT2D eigenvalue weighted by atomic mass is 10.3. The summed E-state index contributed by atoms with van der Waals surface area (Å²) < 4.78 is 3.68. The smallest absolute Gasteiger partial charge is 0.156 e. The fraction of sp³-hybridized carbons (Fsp3) is 0.167. The molecule has 3 heterocycles. The highest BCUT2D eigenvalue weighted by atomic mass is 35.5. The third kappa shape index (κ3) is 1.87. The average molecular weight is 281 g/mol. The highest BCUT2D eigenvalue weighted by molar-refractivity contribution is 6.36. The van der Waals surface area contributed by atoms with Crippen molar-refractivity contribution in [3.63, 3.8) is 0 Å². The van der Waals surface area contributed by atoms with Crippen molar-refractivity contribution in [2.45, 2.75) is 13.5 Å². The Kier molecular flexibility index (Phi) is 2.76. The Balaban J connectivity index is 2.16. The monoisotopic (exact) mass is 280 g/mol. The van der Waals surface area contributed by atoms with Crippen molar-refractivity contribution in [2.24, 2.45) is 0 Å². The van der Waals surface area contributed by atoms with Crippen LogP contribution < -0.4 is 0 Å². The summed E-state index contributed by atoms with van der Waals surface area (Å²) in [5.41, 5.74) is 2.49. The molecule has 6 heteroatoms. The first-order valence-electron chi connectivity index (χ1n) is 5.54. The van der Waals surface area contributed by atoms with Gasteiger partial charge in [0.1, 0.15) is 0 Å². The maximum Gasteiger partial charge on any atom is 0.156 e. The molecule has 0 aliphatic heterocycles. The van der Waals surface area contributed by atoms with Crippen LogP contribution in [0.25, 0.3) is 16.9 Å². The molecule has 0 saturated heterocycles. The summed E-state index contributed by atoms with van der Waals surface area (Å²) in [4.78, 5) is 4.49. The van der Waals surface area contributed by atoms with Gasteiger partial charge in [-0.25, -0.2) is 4.98 Å². The molecule has 0 fully saturated rings. The van der Waals surface area contributed by atoms with Crippen LogP contribution in [0.15, 0.2) is 30.9 Å². The van der Waals surface area contributed by atoms with E-state index in [0.717, 1.165) is 17.8 Å². The van der Waals surface area contributed by atoms with Gasteiger partial charge in [-0.05, 0) is 13.0 Å². The van der Waals surface area contributed by atoms with E-state index in [4.69, 9.17) is 23.2 Å². The van der Waals surface area contributed by atoms with Crippen LogP contribution in [0.2, 0.25) is 10.0 Å². The van der Waals surface area contributed by atoms with E-state index in [1.165, 1.54) is 0 Å². The second-order valence-electron chi connectivity index (χ2n) is 3.95. The Hall–Kier alpha value is -1.52. The van der Waals surface area contributed by atoms with Crippen LogP contribution in [0, 0.1) is 0 Å². The maximum absolute atomic E-state index is 6.11. The first-order valence-corrected chi connectivity index (χ1v) is 6.29. The van der Waals surface area contributed by atoms with Crippen molar-refractivity contribution in [3.05, 3.63) is 40.9 Å². The first kappa shape index (κ1) is 11.6. The van der Waals surface area contributed by atoms with Crippen LogP contribution in [0.3, 0.4) is 0 Å². The Labute approximate surface area is 114 Å². The van der Waals surface area contributed by atoms with Crippen LogP contribution in [0.1, 0.15) is 6.92 Å². The van der Waals surface area contributed by atoms with Crippen molar-refractivity contribution >= 4 is 28.8 Å². The molecule has 92 valence electrons. The van der Waals surface area contributed by atoms with Gasteiger partial charge in [-0.1, -0.05) is 23.2 Å². The van der Waals surface area contributed by atoms with E-state index >= 15 is 0 Å². The highest BCUT2D eigenvalue weighted by Crippen LogP contribution is 2.25. The molecule has 0 spiro atoms. The molecular formula is C12H10Cl2N4. The number of rotatable bonds is 2. The van der Waals surface area contributed by atoms with Gasteiger partial charge in [0.15, 0.2) is 5.65 Å². The minimum Gasteiger partial charge on any atom is -0.304 e. The van der Waals surface area contributed by atoms with Gasteiger partial charge in [0.2, 0.25) is 0 Å². The van der Waals surface area contributed by atoms with Crippen molar-refractivity contribution in [1.82, 2.24) is 19.2 Å². The van der Waals surface area contributed by atoms with Crippen LogP contribution >= 0.6 is 23.2 Å². The summed E-state index contributed by atoms with van der Waals surface area (Å²) in [5, 5.41) is 5.35. The van der Waals surface area contributed by atoms with Gasteiger partial charge < -0.3 is 4.40 Å². The van der Waals surface area contributed by atoms with Crippen LogP contribution in [-0.2, 0) is 6.54 Å². The van der Waals surface area contributed by atoms with Gasteiger partial charge in [0, 0.05) is 30.7 Å². The third-order valence-corrected chi connectivity index (χ3v) is 3.21. The van der Waals surface area contributed by atoms with Crippen molar-refractivity contribution in [1.29, 1.82) is 0 Å². The van der Waals surface area contributed by atoms with Crippen molar-refractivity contribution in [2.75, 3.05) is 0 Å².